The predicted octanol–water partition coefficient (Wildman–Crippen LogP) is 2.87. The number of halogens is 1. The van der Waals surface area contributed by atoms with Gasteiger partial charge in [-0.05, 0) is 55.5 Å². The number of sulfone groups is 1. The van der Waals surface area contributed by atoms with Gasteiger partial charge in [-0.3, -0.25) is 0 Å². The summed E-state index contributed by atoms with van der Waals surface area (Å²) in [6.07, 6.45) is 2.79. The minimum atomic E-state index is -3.15. The number of hydrogen-bond acceptors (Lipinski definition) is 6. The molecule has 1 aliphatic carbocycles. The predicted molar refractivity (Wildman–Crippen MR) is 109 cm³/mol. The first-order valence-corrected chi connectivity index (χ1v) is 11.7. The van der Waals surface area contributed by atoms with Gasteiger partial charge in [-0.1, -0.05) is 0 Å². The Morgan fingerprint density at radius 1 is 1.23 bits per heavy atom. The van der Waals surface area contributed by atoms with Crippen molar-refractivity contribution in [3.8, 4) is 11.3 Å². The normalized spacial score (nSPS) is 19.9. The van der Waals surface area contributed by atoms with Crippen LogP contribution < -0.4 is 0 Å². The summed E-state index contributed by atoms with van der Waals surface area (Å²) in [7, 11) is -1.81. The summed E-state index contributed by atoms with van der Waals surface area (Å²) in [6, 6.07) is 5.50. The lowest BCUT2D eigenvalue weighted by Gasteiger charge is -2.12. The fraction of sp³-hybridized carbons (Fsp3) is 0.381. The quantitative estimate of drug-likeness (QED) is 0.595. The van der Waals surface area contributed by atoms with E-state index in [9.17, 15) is 17.6 Å². The molecule has 3 aromatic rings. The van der Waals surface area contributed by atoms with Gasteiger partial charge in [0, 0.05) is 11.3 Å². The van der Waals surface area contributed by atoms with Gasteiger partial charge >= 0.3 is 5.97 Å². The van der Waals surface area contributed by atoms with Gasteiger partial charge in [-0.25, -0.2) is 27.3 Å². The third-order valence-corrected chi connectivity index (χ3v) is 7.68. The summed E-state index contributed by atoms with van der Waals surface area (Å²) in [6.45, 7) is 0. The minimum absolute atomic E-state index is 0.0149. The Bertz CT molecular complexity index is 1280. The van der Waals surface area contributed by atoms with Crippen molar-refractivity contribution in [1.29, 1.82) is 0 Å². The SMILES string of the molecule is COC(=O)c1c2c(nc3c1c(-c1ccc(F)cc1)nn3C1CCS(=O)(=O)C1)CCC2. The summed E-state index contributed by atoms with van der Waals surface area (Å²) < 4.78 is 44.4. The molecule has 0 spiro atoms. The van der Waals surface area contributed by atoms with E-state index >= 15 is 0 Å². The molecular formula is C21H20FN3O4S. The van der Waals surface area contributed by atoms with Crippen molar-refractivity contribution < 1.29 is 22.3 Å². The number of carbonyl (C=O) groups excluding carboxylic acids is 1. The first-order valence-electron chi connectivity index (χ1n) is 9.86. The van der Waals surface area contributed by atoms with Crippen molar-refractivity contribution in [3.05, 3.63) is 46.9 Å². The van der Waals surface area contributed by atoms with E-state index < -0.39 is 15.8 Å². The number of aromatic nitrogens is 3. The van der Waals surface area contributed by atoms with Crippen LogP contribution in [0.4, 0.5) is 4.39 Å². The molecule has 0 amide bonds. The number of ether oxygens (including phenoxy) is 1. The number of rotatable bonds is 3. The first kappa shape index (κ1) is 19.2. The Hall–Kier alpha value is -2.81. The lowest BCUT2D eigenvalue weighted by molar-refractivity contribution is 0.0601. The van der Waals surface area contributed by atoms with Gasteiger partial charge in [-0.2, -0.15) is 5.10 Å². The van der Waals surface area contributed by atoms with Gasteiger partial charge in [0.15, 0.2) is 15.5 Å². The Balaban J connectivity index is 1.84. The Morgan fingerprint density at radius 2 is 2.00 bits per heavy atom. The number of pyridine rings is 1. The minimum Gasteiger partial charge on any atom is -0.465 e. The average molecular weight is 429 g/mol. The molecule has 30 heavy (non-hydrogen) atoms. The highest BCUT2D eigenvalue weighted by Crippen LogP contribution is 2.38. The maximum Gasteiger partial charge on any atom is 0.339 e. The summed E-state index contributed by atoms with van der Waals surface area (Å²) in [5.74, 6) is -0.766. The monoisotopic (exact) mass is 429 g/mol. The molecule has 0 N–H and O–H groups in total. The van der Waals surface area contributed by atoms with Crippen LogP contribution >= 0.6 is 0 Å². The van der Waals surface area contributed by atoms with E-state index in [0.29, 0.717) is 40.7 Å². The molecule has 1 atom stereocenters. The molecule has 0 saturated carbocycles. The van der Waals surface area contributed by atoms with Crippen LogP contribution in [0.5, 0.6) is 0 Å². The van der Waals surface area contributed by atoms with Crippen molar-refractivity contribution >= 4 is 26.8 Å². The van der Waals surface area contributed by atoms with Gasteiger partial charge in [0.2, 0.25) is 0 Å². The molecule has 3 heterocycles. The van der Waals surface area contributed by atoms with Crippen LogP contribution in [0.3, 0.4) is 0 Å². The van der Waals surface area contributed by atoms with Crippen molar-refractivity contribution in [1.82, 2.24) is 14.8 Å². The second-order valence-corrected chi connectivity index (χ2v) is 10.0. The van der Waals surface area contributed by atoms with E-state index in [1.807, 2.05) is 0 Å². The number of aryl methyl sites for hydroxylation is 1. The van der Waals surface area contributed by atoms with E-state index in [4.69, 9.17) is 14.8 Å². The largest absolute Gasteiger partial charge is 0.465 e. The lowest BCUT2D eigenvalue weighted by Crippen LogP contribution is -2.14. The zero-order chi connectivity index (χ0) is 21.0. The molecule has 5 rings (SSSR count). The fourth-order valence-electron chi connectivity index (χ4n) is 4.52. The van der Waals surface area contributed by atoms with Crippen molar-refractivity contribution in [2.24, 2.45) is 0 Å². The van der Waals surface area contributed by atoms with Gasteiger partial charge in [0.25, 0.3) is 0 Å². The first-order chi connectivity index (χ1) is 14.4. The highest BCUT2D eigenvalue weighted by Gasteiger charge is 2.35. The molecule has 9 heteroatoms. The maximum absolute atomic E-state index is 13.5. The third-order valence-electron chi connectivity index (χ3n) is 5.93. The topological polar surface area (TPSA) is 91.2 Å². The van der Waals surface area contributed by atoms with Crippen molar-refractivity contribution in [2.75, 3.05) is 18.6 Å². The molecule has 1 aromatic carbocycles. The van der Waals surface area contributed by atoms with E-state index in [2.05, 4.69) is 0 Å². The zero-order valence-corrected chi connectivity index (χ0v) is 17.2. The zero-order valence-electron chi connectivity index (χ0n) is 16.4. The summed E-state index contributed by atoms with van der Waals surface area (Å²) >= 11 is 0. The average Bonchev–Trinajstić information content (AvgIpc) is 3.43. The van der Waals surface area contributed by atoms with Crippen LogP contribution in [0.2, 0.25) is 0 Å². The van der Waals surface area contributed by atoms with Crippen molar-refractivity contribution in [3.63, 3.8) is 0 Å². The number of nitrogens with zero attached hydrogens (tertiary/aromatic N) is 3. The maximum atomic E-state index is 13.5. The van der Waals surface area contributed by atoms with Crippen LogP contribution in [0.15, 0.2) is 24.3 Å². The molecule has 0 bridgehead atoms. The Kier molecular flexibility index (Phi) is 4.39. The Morgan fingerprint density at radius 3 is 2.67 bits per heavy atom. The lowest BCUT2D eigenvalue weighted by atomic mass is 9.99. The fourth-order valence-corrected chi connectivity index (χ4v) is 6.21. The molecule has 1 saturated heterocycles. The van der Waals surface area contributed by atoms with Crippen LogP contribution in [0.25, 0.3) is 22.3 Å². The van der Waals surface area contributed by atoms with Crippen LogP contribution in [-0.4, -0.2) is 47.8 Å². The van der Waals surface area contributed by atoms with E-state index in [1.165, 1.54) is 19.2 Å². The molecule has 7 nitrogen and oxygen atoms in total. The molecule has 0 radical (unpaired) electrons. The molecular weight excluding hydrogens is 409 g/mol. The number of benzene rings is 1. The van der Waals surface area contributed by atoms with E-state index in [-0.39, 0.29) is 23.4 Å². The van der Waals surface area contributed by atoms with Crippen molar-refractivity contribution in [2.45, 2.75) is 31.7 Å². The van der Waals surface area contributed by atoms with Gasteiger partial charge in [0.05, 0.1) is 35.6 Å². The molecule has 2 aliphatic rings. The van der Waals surface area contributed by atoms with E-state index in [1.54, 1.807) is 16.8 Å². The second-order valence-electron chi connectivity index (χ2n) is 7.81. The number of esters is 1. The number of hydrogen-bond donors (Lipinski definition) is 0. The second kappa shape index (κ2) is 6.87. The van der Waals surface area contributed by atoms with Crippen LogP contribution in [0, 0.1) is 5.82 Å². The van der Waals surface area contributed by atoms with Crippen LogP contribution in [-0.2, 0) is 27.4 Å². The van der Waals surface area contributed by atoms with E-state index in [0.717, 1.165) is 24.1 Å². The summed E-state index contributed by atoms with van der Waals surface area (Å²) in [5, 5.41) is 5.25. The smallest absolute Gasteiger partial charge is 0.339 e. The molecule has 2 aromatic heterocycles. The molecule has 1 unspecified atom stereocenters. The highest BCUT2D eigenvalue weighted by atomic mass is 32.2. The standard InChI is InChI=1S/C21H20FN3O4S/c1-29-21(26)17-15-3-2-4-16(15)23-20-18(17)19(12-5-7-13(22)8-6-12)24-25(20)14-9-10-30(27,28)11-14/h5-8,14H,2-4,9-11H2,1H3. The number of carbonyl (C=O) groups is 1. The third kappa shape index (κ3) is 2.99. The van der Waals surface area contributed by atoms with Crippen LogP contribution in [0.1, 0.15) is 40.5 Å². The number of fused-ring (bicyclic) bond motifs is 2. The van der Waals surface area contributed by atoms with Gasteiger partial charge in [-0.15, -0.1) is 0 Å². The van der Waals surface area contributed by atoms with Gasteiger partial charge in [0.1, 0.15) is 11.5 Å². The molecule has 156 valence electrons. The van der Waals surface area contributed by atoms with Gasteiger partial charge < -0.3 is 4.74 Å². The molecule has 1 fully saturated rings. The number of methoxy groups -OCH3 is 1. The summed E-state index contributed by atoms with van der Waals surface area (Å²) in [5.41, 5.74) is 3.72. The molecule has 1 aliphatic heterocycles. The highest BCUT2D eigenvalue weighted by molar-refractivity contribution is 7.91. The summed E-state index contributed by atoms with van der Waals surface area (Å²) in [4.78, 5) is 17.6. The Labute approximate surface area is 172 Å².